The zero-order chi connectivity index (χ0) is 20.5. The van der Waals surface area contributed by atoms with Crippen LogP contribution in [0.4, 0.5) is 10.5 Å². The van der Waals surface area contributed by atoms with Crippen molar-refractivity contribution < 1.29 is 18.8 Å². The van der Waals surface area contributed by atoms with Crippen molar-refractivity contribution in [3.63, 3.8) is 0 Å². The van der Waals surface area contributed by atoms with Crippen molar-refractivity contribution in [1.29, 1.82) is 0 Å². The highest BCUT2D eigenvalue weighted by atomic mass is 16.6. The molecule has 7 nitrogen and oxygen atoms in total. The lowest BCUT2D eigenvalue weighted by molar-refractivity contribution is -0.118. The normalized spacial score (nSPS) is 17.1. The largest absolute Gasteiger partial charge is 0.444 e. The van der Waals surface area contributed by atoms with Crippen LogP contribution in [-0.4, -0.2) is 40.2 Å². The molecule has 1 atom stereocenters. The number of benzene rings is 1. The van der Waals surface area contributed by atoms with Crippen LogP contribution >= 0.6 is 0 Å². The lowest BCUT2D eigenvalue weighted by Crippen LogP contribution is -2.46. The molecule has 1 aliphatic heterocycles. The summed E-state index contributed by atoms with van der Waals surface area (Å²) in [6.07, 6.45) is -0.235. The molecule has 150 valence electrons. The minimum absolute atomic E-state index is 0.0846. The molecule has 7 heteroatoms. The Balaban J connectivity index is 1.87. The summed E-state index contributed by atoms with van der Waals surface area (Å²) in [6, 6.07) is 9.21. The Bertz CT molecular complexity index is 869. The van der Waals surface area contributed by atoms with Crippen LogP contribution in [0.2, 0.25) is 0 Å². The summed E-state index contributed by atoms with van der Waals surface area (Å²) in [5, 5.41) is 3.93. The van der Waals surface area contributed by atoms with Gasteiger partial charge in [-0.1, -0.05) is 23.4 Å². The molecule has 0 bridgehead atoms. The van der Waals surface area contributed by atoms with E-state index in [0.29, 0.717) is 24.5 Å². The molecule has 0 saturated carbocycles. The molecule has 0 saturated heterocycles. The number of hydrogen-bond donors (Lipinski definition) is 0. The van der Waals surface area contributed by atoms with Crippen molar-refractivity contribution >= 4 is 17.7 Å². The molecule has 2 amide bonds. The Morgan fingerprint density at radius 1 is 1.29 bits per heavy atom. The molecule has 2 aromatic rings. The van der Waals surface area contributed by atoms with Crippen LogP contribution in [0.3, 0.4) is 0 Å². The van der Waals surface area contributed by atoms with Gasteiger partial charge in [0.15, 0.2) is 0 Å². The van der Waals surface area contributed by atoms with E-state index in [0.717, 1.165) is 11.3 Å². The van der Waals surface area contributed by atoms with Gasteiger partial charge < -0.3 is 14.2 Å². The third kappa shape index (κ3) is 4.52. The van der Waals surface area contributed by atoms with Crippen LogP contribution in [0.25, 0.3) is 0 Å². The highest BCUT2D eigenvalue weighted by molar-refractivity contribution is 5.95. The minimum Gasteiger partial charge on any atom is -0.444 e. The van der Waals surface area contributed by atoms with Crippen LogP contribution in [0.15, 0.2) is 34.9 Å². The Hall–Kier alpha value is -2.83. The third-order valence-corrected chi connectivity index (χ3v) is 4.54. The maximum atomic E-state index is 13.1. The SMILES string of the molecule is Cc1cc(CC(=O)N2CC(C)N(C(=O)OC(C)(C)C)Cc3ccccc32)no1. The van der Waals surface area contributed by atoms with E-state index in [1.807, 2.05) is 52.0 Å². The third-order valence-electron chi connectivity index (χ3n) is 4.54. The number of amides is 2. The first-order valence-corrected chi connectivity index (χ1v) is 9.44. The topological polar surface area (TPSA) is 75.9 Å². The maximum Gasteiger partial charge on any atom is 0.410 e. The number of carbonyl (C=O) groups is 2. The van der Waals surface area contributed by atoms with Crippen LogP contribution in [0.5, 0.6) is 0 Å². The van der Waals surface area contributed by atoms with Crippen molar-refractivity contribution in [1.82, 2.24) is 10.1 Å². The van der Waals surface area contributed by atoms with Gasteiger partial charge in [0.05, 0.1) is 24.7 Å². The monoisotopic (exact) mass is 385 g/mol. The Labute approximate surface area is 165 Å². The molecule has 2 heterocycles. The van der Waals surface area contributed by atoms with Gasteiger partial charge in [-0.3, -0.25) is 9.69 Å². The zero-order valence-electron chi connectivity index (χ0n) is 17.1. The second kappa shape index (κ2) is 7.66. The van der Waals surface area contributed by atoms with Gasteiger partial charge in [0, 0.05) is 18.3 Å². The van der Waals surface area contributed by atoms with E-state index in [1.165, 1.54) is 0 Å². The first-order valence-electron chi connectivity index (χ1n) is 9.44. The molecule has 1 aliphatic rings. The highest BCUT2D eigenvalue weighted by Gasteiger charge is 2.33. The Kier molecular flexibility index (Phi) is 5.45. The quantitative estimate of drug-likeness (QED) is 0.788. The number of fused-ring (bicyclic) bond motifs is 1. The first-order chi connectivity index (χ1) is 13.1. The molecule has 1 unspecified atom stereocenters. The fraction of sp³-hybridized carbons (Fsp3) is 0.476. The summed E-state index contributed by atoms with van der Waals surface area (Å²) in [4.78, 5) is 29.2. The van der Waals surface area contributed by atoms with Crippen molar-refractivity contribution in [3.05, 3.63) is 47.3 Å². The number of nitrogens with zero attached hydrogens (tertiary/aromatic N) is 3. The summed E-state index contributed by atoms with van der Waals surface area (Å²) in [7, 11) is 0. The zero-order valence-corrected chi connectivity index (χ0v) is 17.1. The van der Waals surface area contributed by atoms with E-state index < -0.39 is 5.60 Å². The van der Waals surface area contributed by atoms with E-state index in [9.17, 15) is 9.59 Å². The van der Waals surface area contributed by atoms with E-state index in [1.54, 1.807) is 22.8 Å². The van der Waals surface area contributed by atoms with Crippen LogP contribution < -0.4 is 4.90 Å². The maximum absolute atomic E-state index is 13.1. The number of hydrogen-bond acceptors (Lipinski definition) is 5. The van der Waals surface area contributed by atoms with Crippen molar-refractivity contribution in [3.8, 4) is 0 Å². The molecule has 3 rings (SSSR count). The van der Waals surface area contributed by atoms with Gasteiger partial charge >= 0.3 is 6.09 Å². The van der Waals surface area contributed by atoms with E-state index in [2.05, 4.69) is 5.16 Å². The Morgan fingerprint density at radius 2 is 2.00 bits per heavy atom. The molecular formula is C21H27N3O4. The molecule has 0 aliphatic carbocycles. The molecule has 0 spiro atoms. The van der Waals surface area contributed by atoms with Gasteiger partial charge in [-0.05, 0) is 46.2 Å². The summed E-state index contributed by atoms with van der Waals surface area (Å²) < 4.78 is 10.6. The van der Waals surface area contributed by atoms with Crippen LogP contribution in [0.1, 0.15) is 44.7 Å². The van der Waals surface area contributed by atoms with Gasteiger partial charge in [-0.2, -0.15) is 0 Å². The van der Waals surface area contributed by atoms with Gasteiger partial charge in [-0.15, -0.1) is 0 Å². The summed E-state index contributed by atoms with van der Waals surface area (Å²) >= 11 is 0. The molecule has 0 fully saturated rings. The fourth-order valence-corrected chi connectivity index (χ4v) is 3.26. The minimum atomic E-state index is -0.580. The summed E-state index contributed by atoms with van der Waals surface area (Å²) in [5.41, 5.74) is 1.73. The first kappa shape index (κ1) is 19.9. The second-order valence-electron chi connectivity index (χ2n) is 8.20. The predicted molar refractivity (Wildman–Crippen MR) is 105 cm³/mol. The van der Waals surface area contributed by atoms with E-state index in [-0.39, 0.29) is 24.5 Å². The standard InChI is InChI=1S/C21H27N3O4/c1-14-12-24(19(25)11-17-10-15(2)28-22-17)18-9-7-6-8-16(18)13-23(14)20(26)27-21(3,4)5/h6-10,14H,11-13H2,1-5H3. The van der Waals surface area contributed by atoms with Gasteiger partial charge in [0.2, 0.25) is 5.91 Å². The van der Waals surface area contributed by atoms with Crippen LogP contribution in [0, 0.1) is 6.92 Å². The molecular weight excluding hydrogens is 358 g/mol. The van der Waals surface area contributed by atoms with Gasteiger partial charge in [0.25, 0.3) is 0 Å². The number of ether oxygens (including phenoxy) is 1. The average Bonchev–Trinajstić information content (AvgIpc) is 2.93. The van der Waals surface area contributed by atoms with Crippen molar-refractivity contribution in [2.75, 3.05) is 11.4 Å². The fourth-order valence-electron chi connectivity index (χ4n) is 3.26. The molecule has 28 heavy (non-hydrogen) atoms. The van der Waals surface area contributed by atoms with Gasteiger partial charge in [-0.25, -0.2) is 4.79 Å². The molecule has 0 N–H and O–H groups in total. The van der Waals surface area contributed by atoms with Crippen molar-refractivity contribution in [2.45, 2.75) is 59.2 Å². The lowest BCUT2D eigenvalue weighted by Gasteiger charge is -2.31. The highest BCUT2D eigenvalue weighted by Crippen LogP contribution is 2.29. The summed E-state index contributed by atoms with van der Waals surface area (Å²) in [5.74, 6) is 0.585. The predicted octanol–water partition coefficient (Wildman–Crippen LogP) is 3.70. The van der Waals surface area contributed by atoms with Gasteiger partial charge in [0.1, 0.15) is 11.4 Å². The number of aryl methyl sites for hydroxylation is 1. The van der Waals surface area contributed by atoms with E-state index >= 15 is 0 Å². The van der Waals surface area contributed by atoms with Crippen molar-refractivity contribution in [2.24, 2.45) is 0 Å². The lowest BCUT2D eigenvalue weighted by atomic mass is 10.1. The second-order valence-corrected chi connectivity index (χ2v) is 8.20. The number of aromatic nitrogens is 1. The number of anilines is 1. The molecule has 1 aromatic heterocycles. The summed E-state index contributed by atoms with van der Waals surface area (Å²) in [6.45, 7) is 10.0. The molecule has 1 aromatic carbocycles. The number of rotatable bonds is 2. The number of carbonyl (C=O) groups excluding carboxylic acids is 2. The van der Waals surface area contributed by atoms with Crippen LogP contribution in [-0.2, 0) is 22.5 Å². The number of para-hydroxylation sites is 1. The molecule has 0 radical (unpaired) electrons. The Morgan fingerprint density at radius 3 is 2.64 bits per heavy atom. The smallest absolute Gasteiger partial charge is 0.410 e. The van der Waals surface area contributed by atoms with E-state index in [4.69, 9.17) is 9.26 Å². The average molecular weight is 385 g/mol.